The number of ether oxygens (including phenoxy) is 3. The van der Waals surface area contributed by atoms with Crippen molar-refractivity contribution < 1.29 is 27.9 Å². The van der Waals surface area contributed by atoms with E-state index in [-0.39, 0.29) is 29.0 Å². The predicted octanol–water partition coefficient (Wildman–Crippen LogP) is 4.35. The first-order chi connectivity index (χ1) is 20.2. The highest BCUT2D eigenvalue weighted by Gasteiger charge is 2.17. The Morgan fingerprint density at radius 1 is 1.00 bits per heavy atom. The Kier molecular flexibility index (Phi) is 9.73. The van der Waals surface area contributed by atoms with Crippen LogP contribution in [0.15, 0.2) is 71.8 Å². The summed E-state index contributed by atoms with van der Waals surface area (Å²) in [5, 5.41) is 11.1. The number of hydrogen-bond donors (Lipinski definition) is 3. The smallest absolute Gasteiger partial charge is 0.269 e. The Labute approximate surface area is 244 Å². The normalized spacial score (nSPS) is 11.5. The average Bonchev–Trinajstić information content (AvgIpc) is 2.98. The fraction of sp³-hybridized carbons (Fsp3) is 0.214. The third-order valence-electron chi connectivity index (χ3n) is 6.33. The van der Waals surface area contributed by atoms with Crippen LogP contribution in [0.1, 0.15) is 17.5 Å². The molecule has 0 aliphatic heterocycles. The maximum atomic E-state index is 11.4. The topological polar surface area (TPSA) is 189 Å². The van der Waals surface area contributed by atoms with Crippen LogP contribution in [0, 0.1) is 10.1 Å². The van der Waals surface area contributed by atoms with E-state index in [1.165, 1.54) is 26.4 Å². The second-order valence-corrected chi connectivity index (χ2v) is 9.98. The number of benzene rings is 3. The maximum Gasteiger partial charge on any atom is 0.269 e. The van der Waals surface area contributed by atoms with Crippen LogP contribution in [0.4, 0.5) is 28.8 Å². The van der Waals surface area contributed by atoms with E-state index in [9.17, 15) is 18.9 Å². The molecule has 0 saturated carbocycles. The zero-order valence-electron chi connectivity index (χ0n) is 22.9. The molecule has 13 nitrogen and oxygen atoms in total. The lowest BCUT2D eigenvalue weighted by Gasteiger charge is -2.25. The number of rotatable bonds is 13. The highest BCUT2D eigenvalue weighted by molar-refractivity contribution is 7.79. The van der Waals surface area contributed by atoms with E-state index in [0.717, 1.165) is 11.3 Å². The number of non-ortho nitro benzene ring substituents is 1. The standard InChI is InChI=1S/C28H30N6O7S/c1-39-24-15-18(14-19-17-31-28(30)32-27(19)29)16-25(40-2)26(24)41-13-3-12-33(20-4-6-22(7-5-20)34(35)36)21-8-10-23(11-9-21)42(37)38/h4-11,15-17H,3,12-14H2,1-2H3,(H,37,38)(H4,29,30,31,32). The summed E-state index contributed by atoms with van der Waals surface area (Å²) in [6.45, 7) is 0.755. The van der Waals surface area contributed by atoms with Crippen molar-refractivity contribution in [1.82, 2.24) is 9.97 Å². The van der Waals surface area contributed by atoms with Crippen molar-refractivity contribution in [1.29, 1.82) is 0 Å². The Hall–Kier alpha value is -4.95. The molecule has 4 aromatic rings. The van der Waals surface area contributed by atoms with Gasteiger partial charge in [0.1, 0.15) is 5.82 Å². The molecule has 1 atom stereocenters. The fourth-order valence-electron chi connectivity index (χ4n) is 4.27. The van der Waals surface area contributed by atoms with Gasteiger partial charge in [0.2, 0.25) is 11.7 Å². The third-order valence-corrected chi connectivity index (χ3v) is 7.00. The van der Waals surface area contributed by atoms with E-state index in [4.69, 9.17) is 25.7 Å². The Morgan fingerprint density at radius 3 is 2.12 bits per heavy atom. The maximum absolute atomic E-state index is 11.4. The molecule has 220 valence electrons. The van der Waals surface area contributed by atoms with Gasteiger partial charge in [0, 0.05) is 48.2 Å². The van der Waals surface area contributed by atoms with Crippen molar-refractivity contribution >= 4 is 39.9 Å². The predicted molar refractivity (Wildman–Crippen MR) is 159 cm³/mol. The van der Waals surface area contributed by atoms with E-state index >= 15 is 0 Å². The largest absolute Gasteiger partial charge is 0.493 e. The fourth-order valence-corrected chi connectivity index (χ4v) is 4.64. The van der Waals surface area contributed by atoms with Crippen LogP contribution in [0.2, 0.25) is 0 Å². The molecule has 0 aliphatic rings. The number of nitro groups is 1. The molecule has 1 heterocycles. The Bertz CT molecular complexity index is 1490. The van der Waals surface area contributed by atoms with E-state index < -0.39 is 16.0 Å². The molecule has 0 radical (unpaired) electrons. The molecule has 0 amide bonds. The molecule has 0 spiro atoms. The van der Waals surface area contributed by atoms with Gasteiger partial charge in [-0.3, -0.25) is 10.1 Å². The van der Waals surface area contributed by atoms with Crippen LogP contribution in [0.3, 0.4) is 0 Å². The molecule has 3 aromatic carbocycles. The SMILES string of the molecule is COc1cc(Cc2cnc(N)nc2N)cc(OC)c1OCCCN(c1ccc([N+](=O)[O-])cc1)c1ccc(S(=O)O)cc1. The van der Waals surface area contributed by atoms with E-state index in [2.05, 4.69) is 9.97 Å². The van der Waals surface area contributed by atoms with Gasteiger partial charge in [-0.1, -0.05) is 0 Å². The second-order valence-electron chi connectivity index (χ2n) is 9.02. The zero-order chi connectivity index (χ0) is 30.2. The van der Waals surface area contributed by atoms with Gasteiger partial charge in [-0.25, -0.2) is 9.19 Å². The van der Waals surface area contributed by atoms with E-state index in [0.29, 0.717) is 47.9 Å². The summed E-state index contributed by atoms with van der Waals surface area (Å²) in [4.78, 5) is 20.9. The molecule has 4 rings (SSSR count). The van der Waals surface area contributed by atoms with Crippen LogP contribution in [0.5, 0.6) is 17.2 Å². The van der Waals surface area contributed by atoms with Crippen LogP contribution in [0.25, 0.3) is 0 Å². The zero-order valence-corrected chi connectivity index (χ0v) is 23.7. The monoisotopic (exact) mass is 594 g/mol. The number of hydrogen-bond acceptors (Lipinski definition) is 11. The minimum Gasteiger partial charge on any atom is -0.493 e. The molecular weight excluding hydrogens is 564 g/mol. The number of nitro benzene ring substituents is 1. The highest BCUT2D eigenvalue weighted by Crippen LogP contribution is 2.39. The first-order valence-corrected chi connectivity index (χ1v) is 13.8. The summed E-state index contributed by atoms with van der Waals surface area (Å²) in [5.41, 5.74) is 14.6. The summed E-state index contributed by atoms with van der Waals surface area (Å²) in [7, 11) is 3.07. The van der Waals surface area contributed by atoms with E-state index in [1.807, 2.05) is 17.0 Å². The van der Waals surface area contributed by atoms with Crippen LogP contribution < -0.4 is 30.6 Å². The molecule has 14 heteroatoms. The van der Waals surface area contributed by atoms with Crippen molar-refractivity contribution in [3.8, 4) is 17.2 Å². The summed E-state index contributed by atoms with van der Waals surface area (Å²) >= 11 is -2.11. The summed E-state index contributed by atoms with van der Waals surface area (Å²) in [5.74, 6) is 1.76. The molecule has 1 aromatic heterocycles. The number of aromatic nitrogens is 2. The van der Waals surface area contributed by atoms with Crippen molar-refractivity contribution in [2.45, 2.75) is 17.7 Å². The number of nitrogen functional groups attached to an aromatic ring is 2. The molecule has 42 heavy (non-hydrogen) atoms. The van der Waals surface area contributed by atoms with Crippen LogP contribution >= 0.6 is 0 Å². The molecule has 1 unspecified atom stereocenters. The van der Waals surface area contributed by atoms with Gasteiger partial charge < -0.3 is 35.1 Å². The lowest BCUT2D eigenvalue weighted by molar-refractivity contribution is -0.384. The van der Waals surface area contributed by atoms with Crippen molar-refractivity contribution in [3.63, 3.8) is 0 Å². The summed E-state index contributed by atoms with van der Waals surface area (Å²) in [6, 6.07) is 16.4. The van der Waals surface area contributed by atoms with Crippen molar-refractivity contribution in [3.05, 3.63) is 88.1 Å². The quantitative estimate of drug-likeness (QED) is 0.0860. The molecule has 0 saturated heterocycles. The first kappa shape index (κ1) is 30.0. The number of anilines is 4. The summed E-state index contributed by atoms with van der Waals surface area (Å²) in [6.07, 6.45) is 2.54. The lowest BCUT2D eigenvalue weighted by Crippen LogP contribution is -2.20. The van der Waals surface area contributed by atoms with Gasteiger partial charge in [0.05, 0.1) is 30.6 Å². The van der Waals surface area contributed by atoms with Crippen LogP contribution in [-0.4, -0.2) is 51.0 Å². The van der Waals surface area contributed by atoms with Gasteiger partial charge >= 0.3 is 0 Å². The molecule has 0 aliphatic carbocycles. The highest BCUT2D eigenvalue weighted by atomic mass is 32.2. The number of methoxy groups -OCH3 is 2. The second kappa shape index (κ2) is 13.6. The number of nitrogens with two attached hydrogens (primary N) is 2. The van der Waals surface area contributed by atoms with Gasteiger partial charge in [-0.2, -0.15) is 4.98 Å². The third kappa shape index (κ3) is 7.21. The number of nitrogens with zero attached hydrogens (tertiary/aromatic N) is 4. The lowest BCUT2D eigenvalue weighted by atomic mass is 10.1. The summed E-state index contributed by atoms with van der Waals surface area (Å²) < 4.78 is 38.1. The van der Waals surface area contributed by atoms with Gasteiger partial charge in [0.25, 0.3) is 5.69 Å². The average molecular weight is 595 g/mol. The minimum absolute atomic E-state index is 0.0256. The van der Waals surface area contributed by atoms with Gasteiger partial charge in [-0.05, 0) is 60.5 Å². The van der Waals surface area contributed by atoms with Crippen molar-refractivity contribution in [2.24, 2.45) is 0 Å². The Morgan fingerprint density at radius 2 is 1.60 bits per heavy atom. The molecule has 5 N–H and O–H groups in total. The van der Waals surface area contributed by atoms with E-state index in [1.54, 1.807) is 42.6 Å². The van der Waals surface area contributed by atoms with Crippen molar-refractivity contribution in [2.75, 3.05) is 43.7 Å². The molecule has 0 bridgehead atoms. The molecular formula is C28H30N6O7S. The Balaban J connectivity index is 1.50. The van der Waals surface area contributed by atoms with Gasteiger partial charge in [-0.15, -0.1) is 0 Å². The van der Waals surface area contributed by atoms with Gasteiger partial charge in [0.15, 0.2) is 22.6 Å². The molecule has 0 fully saturated rings. The first-order valence-electron chi connectivity index (χ1n) is 12.7. The van der Waals surface area contributed by atoms with Crippen LogP contribution in [-0.2, 0) is 17.5 Å². The minimum atomic E-state index is -2.11.